The number of para-hydroxylation sites is 1. The highest BCUT2D eigenvalue weighted by Gasteiger charge is 2.25. The Kier molecular flexibility index (Phi) is 4.74. The van der Waals surface area contributed by atoms with Crippen LogP contribution in [0.2, 0.25) is 0 Å². The van der Waals surface area contributed by atoms with Crippen LogP contribution in [0.4, 0.5) is 5.69 Å². The van der Waals surface area contributed by atoms with Crippen LogP contribution in [0.5, 0.6) is 5.75 Å². The van der Waals surface area contributed by atoms with Crippen molar-refractivity contribution in [2.24, 2.45) is 5.92 Å². The first-order valence-electron chi connectivity index (χ1n) is 6.80. The average molecular weight is 294 g/mol. The molecule has 2 rings (SSSR count). The summed E-state index contributed by atoms with van der Waals surface area (Å²) in [6.45, 7) is 1.86. The Bertz CT molecular complexity index is 540. The third-order valence-electron chi connectivity index (χ3n) is 3.58. The smallest absolute Gasteiger partial charge is 0.311 e. The predicted molar refractivity (Wildman–Crippen MR) is 75.3 cm³/mol. The number of aromatic hydroxyl groups is 1. The molecule has 7 heteroatoms. The Hall–Kier alpha value is -2.15. The molecule has 114 valence electrons. The lowest BCUT2D eigenvalue weighted by Gasteiger charge is -2.27. The van der Waals surface area contributed by atoms with Crippen molar-refractivity contribution >= 4 is 11.6 Å². The largest absolute Gasteiger partial charge is 0.502 e. The first-order valence-corrected chi connectivity index (χ1v) is 6.80. The summed E-state index contributed by atoms with van der Waals surface area (Å²) in [7, 11) is 1.62. The summed E-state index contributed by atoms with van der Waals surface area (Å²) in [4.78, 5) is 23.9. The normalized spacial score (nSPS) is 18.2. The van der Waals surface area contributed by atoms with Gasteiger partial charge in [0.2, 0.25) is 5.75 Å². The maximum Gasteiger partial charge on any atom is 0.311 e. The molecule has 0 saturated carbocycles. The van der Waals surface area contributed by atoms with E-state index >= 15 is 0 Å². The molecule has 0 spiro atoms. The van der Waals surface area contributed by atoms with Gasteiger partial charge in [-0.25, -0.2) is 0 Å². The molecule has 1 aromatic carbocycles. The Morgan fingerprint density at radius 3 is 2.95 bits per heavy atom. The molecule has 1 saturated heterocycles. The van der Waals surface area contributed by atoms with Gasteiger partial charge in [-0.05, 0) is 24.8 Å². The van der Waals surface area contributed by atoms with Crippen molar-refractivity contribution in [2.45, 2.75) is 12.8 Å². The molecule has 7 nitrogen and oxygen atoms in total. The fraction of sp³-hybridized carbons (Fsp3) is 0.500. The zero-order valence-corrected chi connectivity index (χ0v) is 11.8. The van der Waals surface area contributed by atoms with Crippen LogP contribution in [-0.4, -0.2) is 47.6 Å². The van der Waals surface area contributed by atoms with Gasteiger partial charge >= 0.3 is 5.69 Å². The number of hydrogen-bond donors (Lipinski definition) is 1. The molecular formula is C14H18N2O5. The van der Waals surface area contributed by atoms with Gasteiger partial charge in [0.1, 0.15) is 0 Å². The van der Waals surface area contributed by atoms with Crippen LogP contribution in [0.1, 0.15) is 23.2 Å². The van der Waals surface area contributed by atoms with E-state index in [-0.39, 0.29) is 11.5 Å². The highest BCUT2D eigenvalue weighted by Crippen LogP contribution is 2.30. The Balaban J connectivity index is 2.11. The van der Waals surface area contributed by atoms with E-state index in [1.54, 1.807) is 7.05 Å². The summed E-state index contributed by atoms with van der Waals surface area (Å²) in [6, 6.07) is 3.95. The zero-order chi connectivity index (χ0) is 15.4. The summed E-state index contributed by atoms with van der Waals surface area (Å²) < 4.78 is 5.37. The average Bonchev–Trinajstić information content (AvgIpc) is 2.47. The Labute approximate surface area is 122 Å². The van der Waals surface area contributed by atoms with Crippen molar-refractivity contribution in [3.05, 3.63) is 33.9 Å². The van der Waals surface area contributed by atoms with Crippen molar-refractivity contribution in [3.63, 3.8) is 0 Å². The quantitative estimate of drug-likeness (QED) is 0.675. The first-order chi connectivity index (χ1) is 10.0. The molecule has 1 aliphatic rings. The van der Waals surface area contributed by atoms with Crippen molar-refractivity contribution < 1.29 is 19.6 Å². The Morgan fingerprint density at radius 2 is 2.33 bits per heavy atom. The fourth-order valence-electron chi connectivity index (χ4n) is 2.48. The number of carbonyl (C=O) groups excluding carboxylic acids is 1. The zero-order valence-electron chi connectivity index (χ0n) is 11.8. The van der Waals surface area contributed by atoms with Gasteiger partial charge in [-0.15, -0.1) is 0 Å². The van der Waals surface area contributed by atoms with Gasteiger partial charge in [0.25, 0.3) is 5.91 Å². The third-order valence-corrected chi connectivity index (χ3v) is 3.58. The van der Waals surface area contributed by atoms with Crippen LogP contribution < -0.4 is 0 Å². The molecule has 1 heterocycles. The van der Waals surface area contributed by atoms with Gasteiger partial charge in [0, 0.05) is 26.3 Å². The molecule has 1 fully saturated rings. The predicted octanol–water partition coefficient (Wildman–Crippen LogP) is 1.80. The lowest BCUT2D eigenvalue weighted by Crippen LogP contribution is -2.35. The lowest BCUT2D eigenvalue weighted by molar-refractivity contribution is -0.385. The number of carbonyl (C=O) groups is 1. The second kappa shape index (κ2) is 6.53. The van der Waals surface area contributed by atoms with Crippen LogP contribution in [-0.2, 0) is 4.74 Å². The second-order valence-electron chi connectivity index (χ2n) is 5.20. The monoisotopic (exact) mass is 294 g/mol. The molecule has 0 aromatic heterocycles. The fourth-order valence-corrected chi connectivity index (χ4v) is 2.48. The number of nitrogens with zero attached hydrogens (tertiary/aromatic N) is 2. The van der Waals surface area contributed by atoms with E-state index in [0.29, 0.717) is 13.2 Å². The maximum absolute atomic E-state index is 12.3. The van der Waals surface area contributed by atoms with Gasteiger partial charge in [-0.2, -0.15) is 0 Å². The molecule has 1 unspecified atom stereocenters. The van der Waals surface area contributed by atoms with Crippen LogP contribution in [0.25, 0.3) is 0 Å². The van der Waals surface area contributed by atoms with Crippen molar-refractivity contribution in [2.75, 3.05) is 26.8 Å². The molecule has 21 heavy (non-hydrogen) atoms. The summed E-state index contributed by atoms with van der Waals surface area (Å²) in [5.74, 6) is -0.755. The van der Waals surface area contributed by atoms with Gasteiger partial charge in [-0.3, -0.25) is 14.9 Å². The van der Waals surface area contributed by atoms with E-state index in [1.807, 2.05) is 0 Å². The number of ether oxygens (including phenoxy) is 1. The molecule has 1 aromatic rings. The van der Waals surface area contributed by atoms with E-state index in [2.05, 4.69) is 0 Å². The number of rotatable bonds is 4. The van der Waals surface area contributed by atoms with Crippen LogP contribution in [0.3, 0.4) is 0 Å². The number of hydrogen-bond acceptors (Lipinski definition) is 5. The van der Waals surface area contributed by atoms with E-state index < -0.39 is 22.3 Å². The molecular weight excluding hydrogens is 276 g/mol. The minimum Gasteiger partial charge on any atom is -0.502 e. The number of nitro groups is 1. The SMILES string of the molecule is CN(CC1CCCOC1)C(=O)c1cccc([N+](=O)[O-])c1O. The van der Waals surface area contributed by atoms with Crippen LogP contribution in [0.15, 0.2) is 18.2 Å². The second-order valence-corrected chi connectivity index (χ2v) is 5.20. The van der Waals surface area contributed by atoms with E-state index in [4.69, 9.17) is 4.74 Å². The van der Waals surface area contributed by atoms with Gasteiger partial charge < -0.3 is 14.7 Å². The van der Waals surface area contributed by atoms with Crippen molar-refractivity contribution in [1.82, 2.24) is 4.90 Å². The van der Waals surface area contributed by atoms with Gasteiger partial charge in [0.05, 0.1) is 17.1 Å². The molecule has 0 bridgehead atoms. The standard InChI is InChI=1S/C14H18N2O5/c1-15(8-10-4-3-7-21-9-10)14(18)11-5-2-6-12(13(11)17)16(19)20/h2,5-6,10,17H,3-4,7-9H2,1H3. The van der Waals surface area contributed by atoms with Crippen molar-refractivity contribution in [1.29, 1.82) is 0 Å². The maximum atomic E-state index is 12.3. The lowest BCUT2D eigenvalue weighted by atomic mass is 10.0. The number of nitro benzene ring substituents is 1. The molecule has 1 amide bonds. The number of phenolic OH excluding ortho intramolecular Hbond substituents is 1. The molecule has 0 aliphatic carbocycles. The van der Waals surface area contributed by atoms with E-state index in [0.717, 1.165) is 19.4 Å². The summed E-state index contributed by atoms with van der Waals surface area (Å²) in [6.07, 6.45) is 1.95. The number of phenols is 1. The van der Waals surface area contributed by atoms with Crippen molar-refractivity contribution in [3.8, 4) is 5.75 Å². The summed E-state index contributed by atoms with van der Waals surface area (Å²) in [5, 5.41) is 20.7. The minimum atomic E-state index is -0.707. The third kappa shape index (κ3) is 3.49. The van der Waals surface area contributed by atoms with E-state index in [9.17, 15) is 20.0 Å². The summed E-state index contributed by atoms with van der Waals surface area (Å²) >= 11 is 0. The molecule has 1 atom stereocenters. The Morgan fingerprint density at radius 1 is 1.57 bits per heavy atom. The highest BCUT2D eigenvalue weighted by atomic mass is 16.6. The highest BCUT2D eigenvalue weighted by molar-refractivity contribution is 5.97. The summed E-state index contributed by atoms with van der Waals surface area (Å²) in [5.41, 5.74) is -0.515. The number of amides is 1. The molecule has 1 N–H and O–H groups in total. The molecule has 0 radical (unpaired) electrons. The number of benzene rings is 1. The van der Waals surface area contributed by atoms with Gasteiger partial charge in [0.15, 0.2) is 0 Å². The first kappa shape index (κ1) is 15.2. The van der Waals surface area contributed by atoms with Crippen LogP contribution >= 0.6 is 0 Å². The van der Waals surface area contributed by atoms with E-state index in [1.165, 1.54) is 23.1 Å². The van der Waals surface area contributed by atoms with Gasteiger partial charge in [-0.1, -0.05) is 6.07 Å². The molecule has 1 aliphatic heterocycles. The minimum absolute atomic E-state index is 0.0524. The topological polar surface area (TPSA) is 92.9 Å². The van der Waals surface area contributed by atoms with Crippen LogP contribution in [0, 0.1) is 16.0 Å².